The number of hydrogen-bond acceptors (Lipinski definition) is 1. The number of benzene rings is 1. The number of halogens is 3. The van der Waals surface area contributed by atoms with Gasteiger partial charge in [0.1, 0.15) is 0 Å². The van der Waals surface area contributed by atoms with Crippen molar-refractivity contribution in [1.29, 1.82) is 0 Å². The molecular weight excluding hydrogens is 205 g/mol. The molecule has 0 aliphatic heterocycles. The number of hydrogen-bond donors (Lipinski definition) is 1. The van der Waals surface area contributed by atoms with E-state index in [1.807, 2.05) is 0 Å². The molecule has 0 heterocycles. The first-order chi connectivity index (χ1) is 6.84. The van der Waals surface area contributed by atoms with E-state index in [0.29, 0.717) is 11.1 Å². The van der Waals surface area contributed by atoms with Crippen LogP contribution in [-0.4, -0.2) is 11.7 Å². The first-order valence-electron chi connectivity index (χ1n) is 4.64. The summed E-state index contributed by atoms with van der Waals surface area (Å²) >= 11 is 0. The highest BCUT2D eigenvalue weighted by atomic mass is 19.4. The van der Waals surface area contributed by atoms with Crippen molar-refractivity contribution < 1.29 is 18.3 Å². The predicted octanol–water partition coefficient (Wildman–Crippen LogP) is 3.11. The van der Waals surface area contributed by atoms with Crippen molar-refractivity contribution in [3.63, 3.8) is 0 Å². The maximum Gasteiger partial charge on any atom is 0.416 e. The summed E-state index contributed by atoms with van der Waals surface area (Å²) in [5.41, 5.74) is 0.419. The quantitative estimate of drug-likeness (QED) is 0.808. The summed E-state index contributed by atoms with van der Waals surface area (Å²) in [4.78, 5) is 0. The normalized spacial score (nSPS) is 14.0. The highest BCUT2D eigenvalue weighted by molar-refractivity contribution is 5.33. The van der Waals surface area contributed by atoms with Gasteiger partial charge in [-0.2, -0.15) is 13.2 Å². The molecule has 1 rings (SSSR count). The lowest BCUT2D eigenvalue weighted by molar-refractivity contribution is -0.137. The molecule has 1 aromatic carbocycles. The van der Waals surface area contributed by atoms with Crippen LogP contribution in [0.25, 0.3) is 0 Å². The second kappa shape index (κ2) is 4.23. The summed E-state index contributed by atoms with van der Waals surface area (Å²) in [5, 5.41) is 8.89. The maximum atomic E-state index is 12.5. The molecule has 0 aromatic heterocycles. The van der Waals surface area contributed by atoms with E-state index in [0.717, 1.165) is 12.1 Å². The molecule has 0 fully saturated rings. The zero-order valence-corrected chi connectivity index (χ0v) is 8.60. The van der Waals surface area contributed by atoms with Crippen LogP contribution in [-0.2, 0) is 6.18 Å². The molecule has 1 nitrogen and oxygen atoms in total. The Kier molecular flexibility index (Phi) is 3.39. The van der Waals surface area contributed by atoms with E-state index >= 15 is 0 Å². The van der Waals surface area contributed by atoms with Crippen LogP contribution in [0.5, 0.6) is 0 Å². The van der Waals surface area contributed by atoms with Crippen LogP contribution in [0.15, 0.2) is 18.2 Å². The summed E-state index contributed by atoms with van der Waals surface area (Å²) in [6.07, 6.45) is -4.32. The van der Waals surface area contributed by atoms with Crippen LogP contribution in [0.3, 0.4) is 0 Å². The van der Waals surface area contributed by atoms with Gasteiger partial charge in [-0.05, 0) is 24.6 Å². The smallest absolute Gasteiger partial charge is 0.396 e. The third-order valence-electron chi connectivity index (χ3n) is 2.27. The molecule has 1 N–H and O–H groups in total. The molecule has 84 valence electrons. The fraction of sp³-hybridized carbons (Fsp3) is 0.455. The molecule has 0 aliphatic rings. The largest absolute Gasteiger partial charge is 0.416 e. The van der Waals surface area contributed by atoms with Gasteiger partial charge in [-0.1, -0.05) is 18.6 Å². The van der Waals surface area contributed by atoms with Crippen molar-refractivity contribution in [2.45, 2.75) is 25.9 Å². The monoisotopic (exact) mass is 218 g/mol. The number of alkyl halides is 3. The Morgan fingerprint density at radius 3 is 2.33 bits per heavy atom. The van der Waals surface area contributed by atoms with Crippen LogP contribution >= 0.6 is 0 Å². The van der Waals surface area contributed by atoms with Crippen molar-refractivity contribution in [1.82, 2.24) is 0 Å². The van der Waals surface area contributed by atoms with E-state index in [2.05, 4.69) is 0 Å². The molecular formula is C11H13F3O. The second-order valence-corrected chi connectivity index (χ2v) is 3.71. The summed E-state index contributed by atoms with van der Waals surface area (Å²) in [6, 6.07) is 3.86. The molecule has 0 saturated carbocycles. The van der Waals surface area contributed by atoms with Gasteiger partial charge >= 0.3 is 6.18 Å². The van der Waals surface area contributed by atoms with Crippen LogP contribution < -0.4 is 0 Å². The first-order valence-corrected chi connectivity index (χ1v) is 4.64. The Balaban J connectivity index is 3.17. The van der Waals surface area contributed by atoms with Gasteiger partial charge in [0, 0.05) is 12.5 Å². The molecule has 0 radical (unpaired) electrons. The summed E-state index contributed by atoms with van der Waals surface area (Å²) in [7, 11) is 0. The Labute approximate surface area is 86.5 Å². The number of rotatable bonds is 2. The van der Waals surface area contributed by atoms with Gasteiger partial charge in [-0.3, -0.25) is 0 Å². The average Bonchev–Trinajstić information content (AvgIpc) is 2.14. The second-order valence-electron chi connectivity index (χ2n) is 3.71. The van der Waals surface area contributed by atoms with Crippen LogP contribution in [0.4, 0.5) is 13.2 Å². The van der Waals surface area contributed by atoms with Gasteiger partial charge in [0.15, 0.2) is 0 Å². The van der Waals surface area contributed by atoms with Crippen LogP contribution in [0.1, 0.15) is 29.5 Å². The Morgan fingerprint density at radius 2 is 1.87 bits per heavy atom. The third-order valence-corrected chi connectivity index (χ3v) is 2.27. The van der Waals surface area contributed by atoms with E-state index in [-0.39, 0.29) is 12.5 Å². The first kappa shape index (κ1) is 12.0. The van der Waals surface area contributed by atoms with Gasteiger partial charge in [-0.25, -0.2) is 0 Å². The van der Waals surface area contributed by atoms with Crippen LogP contribution in [0.2, 0.25) is 0 Å². The van der Waals surface area contributed by atoms with Gasteiger partial charge < -0.3 is 5.11 Å². The lowest BCUT2D eigenvalue weighted by Crippen LogP contribution is -2.08. The number of aliphatic hydroxyl groups excluding tert-OH is 1. The zero-order valence-electron chi connectivity index (χ0n) is 8.60. The Morgan fingerprint density at radius 1 is 1.27 bits per heavy atom. The minimum atomic E-state index is -4.32. The Hall–Kier alpha value is -1.03. The van der Waals surface area contributed by atoms with E-state index in [1.54, 1.807) is 19.9 Å². The van der Waals surface area contributed by atoms with Crippen molar-refractivity contribution >= 4 is 0 Å². The van der Waals surface area contributed by atoms with Crippen molar-refractivity contribution in [2.24, 2.45) is 0 Å². The average molecular weight is 218 g/mol. The zero-order chi connectivity index (χ0) is 11.6. The van der Waals surface area contributed by atoms with Gasteiger partial charge in [0.05, 0.1) is 5.56 Å². The van der Waals surface area contributed by atoms with E-state index in [9.17, 15) is 13.2 Å². The molecule has 4 heteroatoms. The standard InChI is InChI=1S/C11H13F3O/c1-7-3-9(8(2)6-15)5-10(4-7)11(12,13)14/h3-5,8,15H,6H2,1-2H3. The van der Waals surface area contributed by atoms with Gasteiger partial charge in [0.2, 0.25) is 0 Å². The SMILES string of the molecule is Cc1cc(C(C)CO)cc(C(F)(F)F)c1. The minimum absolute atomic E-state index is 0.152. The summed E-state index contributed by atoms with van der Waals surface area (Å²) in [6.45, 7) is 3.15. The third kappa shape index (κ3) is 2.96. The van der Waals surface area contributed by atoms with Gasteiger partial charge in [-0.15, -0.1) is 0 Å². The number of aryl methyl sites for hydroxylation is 1. The minimum Gasteiger partial charge on any atom is -0.396 e. The highest BCUT2D eigenvalue weighted by Gasteiger charge is 2.31. The lowest BCUT2D eigenvalue weighted by atomic mass is 9.97. The fourth-order valence-electron chi connectivity index (χ4n) is 1.37. The van der Waals surface area contributed by atoms with E-state index in [1.165, 1.54) is 0 Å². The number of aliphatic hydroxyl groups is 1. The molecule has 0 saturated heterocycles. The van der Waals surface area contributed by atoms with E-state index < -0.39 is 11.7 Å². The lowest BCUT2D eigenvalue weighted by Gasteiger charge is -2.13. The molecule has 0 bridgehead atoms. The van der Waals surface area contributed by atoms with Crippen molar-refractivity contribution in [3.05, 3.63) is 34.9 Å². The molecule has 0 spiro atoms. The molecule has 0 amide bonds. The van der Waals surface area contributed by atoms with Gasteiger partial charge in [0.25, 0.3) is 0 Å². The molecule has 1 aromatic rings. The maximum absolute atomic E-state index is 12.5. The highest BCUT2D eigenvalue weighted by Crippen LogP contribution is 2.32. The topological polar surface area (TPSA) is 20.2 Å². The predicted molar refractivity (Wildman–Crippen MR) is 51.7 cm³/mol. The van der Waals surface area contributed by atoms with Crippen molar-refractivity contribution in [2.75, 3.05) is 6.61 Å². The molecule has 0 aliphatic carbocycles. The molecule has 1 unspecified atom stereocenters. The summed E-state index contributed by atoms with van der Waals surface area (Å²) in [5.74, 6) is -0.272. The molecule has 1 atom stereocenters. The Bertz CT molecular complexity index is 344. The van der Waals surface area contributed by atoms with Crippen LogP contribution in [0, 0.1) is 6.92 Å². The van der Waals surface area contributed by atoms with Crippen molar-refractivity contribution in [3.8, 4) is 0 Å². The summed E-state index contributed by atoms with van der Waals surface area (Å²) < 4.78 is 37.4. The van der Waals surface area contributed by atoms with E-state index in [4.69, 9.17) is 5.11 Å². The molecule has 15 heavy (non-hydrogen) atoms. The fourth-order valence-corrected chi connectivity index (χ4v) is 1.37.